The van der Waals surface area contributed by atoms with Crippen molar-refractivity contribution < 1.29 is 9.21 Å². The molecule has 1 aliphatic rings. The van der Waals surface area contributed by atoms with Crippen LogP contribution in [-0.4, -0.2) is 23.1 Å². The Morgan fingerprint density at radius 2 is 1.96 bits per heavy atom. The largest absolute Gasteiger partial charge is 0.467 e. The van der Waals surface area contributed by atoms with Crippen molar-refractivity contribution in [2.24, 2.45) is 0 Å². The maximum absolute atomic E-state index is 12.1. The Kier molecular flexibility index (Phi) is 5.67. The van der Waals surface area contributed by atoms with Crippen LogP contribution < -0.4 is 16.0 Å². The summed E-state index contributed by atoms with van der Waals surface area (Å²) in [5.41, 5.74) is 1.97. The van der Waals surface area contributed by atoms with Gasteiger partial charge in [0.15, 0.2) is 0 Å². The molecule has 7 heteroatoms. The third-order valence-corrected chi connectivity index (χ3v) is 5.37. The SMILES string of the molecule is O=C(NCc1ccco1)NC1CCC(Nc2ccnc3cc(Cl)ccc23)CC1. The number of hydrogen-bond acceptors (Lipinski definition) is 4. The summed E-state index contributed by atoms with van der Waals surface area (Å²) in [5.74, 6) is 0.744. The second-order valence-corrected chi connectivity index (χ2v) is 7.56. The molecule has 2 aromatic heterocycles. The number of pyridine rings is 1. The molecule has 28 heavy (non-hydrogen) atoms. The lowest BCUT2D eigenvalue weighted by atomic mass is 9.91. The Labute approximate surface area is 168 Å². The van der Waals surface area contributed by atoms with Gasteiger partial charge in [0.25, 0.3) is 0 Å². The van der Waals surface area contributed by atoms with Crippen LogP contribution in [0.25, 0.3) is 10.9 Å². The van der Waals surface area contributed by atoms with E-state index in [0.717, 1.165) is 48.0 Å². The number of nitrogens with one attached hydrogen (secondary N) is 3. The molecule has 0 bridgehead atoms. The molecule has 0 radical (unpaired) electrons. The van der Waals surface area contributed by atoms with Crippen LogP contribution in [0.4, 0.5) is 10.5 Å². The number of anilines is 1. The van der Waals surface area contributed by atoms with Gasteiger partial charge in [0.1, 0.15) is 5.76 Å². The Morgan fingerprint density at radius 1 is 1.14 bits per heavy atom. The second-order valence-electron chi connectivity index (χ2n) is 7.12. The van der Waals surface area contributed by atoms with Crippen molar-refractivity contribution >= 4 is 34.2 Å². The lowest BCUT2D eigenvalue weighted by Gasteiger charge is -2.30. The van der Waals surface area contributed by atoms with E-state index in [1.165, 1.54) is 0 Å². The minimum Gasteiger partial charge on any atom is -0.467 e. The molecule has 3 aromatic rings. The van der Waals surface area contributed by atoms with Crippen molar-refractivity contribution in [2.75, 3.05) is 5.32 Å². The van der Waals surface area contributed by atoms with Gasteiger partial charge in [0.05, 0.1) is 18.3 Å². The molecule has 3 N–H and O–H groups in total. The summed E-state index contributed by atoms with van der Waals surface area (Å²) in [4.78, 5) is 16.4. The number of carbonyl (C=O) groups excluding carboxylic acids is 1. The van der Waals surface area contributed by atoms with Crippen molar-refractivity contribution in [1.29, 1.82) is 0 Å². The van der Waals surface area contributed by atoms with Crippen molar-refractivity contribution in [3.05, 3.63) is 59.6 Å². The van der Waals surface area contributed by atoms with Crippen molar-refractivity contribution in [3.8, 4) is 0 Å². The number of amides is 2. The lowest BCUT2D eigenvalue weighted by Crippen LogP contribution is -2.44. The van der Waals surface area contributed by atoms with Crippen molar-refractivity contribution in [3.63, 3.8) is 0 Å². The summed E-state index contributed by atoms with van der Waals surface area (Å²) in [6.45, 7) is 0.398. The molecular formula is C21H23ClN4O2. The number of fused-ring (bicyclic) bond motifs is 1. The molecule has 6 nitrogen and oxygen atoms in total. The number of halogens is 1. The minimum atomic E-state index is -0.148. The molecule has 4 rings (SSSR count). The zero-order chi connectivity index (χ0) is 19.3. The van der Waals surface area contributed by atoms with Crippen LogP contribution in [0.5, 0.6) is 0 Å². The average molecular weight is 399 g/mol. The van der Waals surface area contributed by atoms with E-state index in [-0.39, 0.29) is 12.1 Å². The topological polar surface area (TPSA) is 79.2 Å². The van der Waals surface area contributed by atoms with Gasteiger partial charge in [-0.05, 0) is 62.1 Å². The van der Waals surface area contributed by atoms with Gasteiger partial charge in [0.2, 0.25) is 0 Å². The van der Waals surface area contributed by atoms with Crippen LogP contribution in [0.15, 0.2) is 53.3 Å². The quantitative estimate of drug-likeness (QED) is 0.581. The highest BCUT2D eigenvalue weighted by molar-refractivity contribution is 6.31. The highest BCUT2D eigenvalue weighted by atomic mass is 35.5. The molecular weight excluding hydrogens is 376 g/mol. The van der Waals surface area contributed by atoms with Crippen LogP contribution >= 0.6 is 11.6 Å². The van der Waals surface area contributed by atoms with E-state index in [1.54, 1.807) is 12.5 Å². The Morgan fingerprint density at radius 3 is 2.75 bits per heavy atom. The first kappa shape index (κ1) is 18.6. The molecule has 0 atom stereocenters. The van der Waals surface area contributed by atoms with Crippen molar-refractivity contribution in [1.82, 2.24) is 15.6 Å². The minimum absolute atomic E-state index is 0.148. The third-order valence-electron chi connectivity index (χ3n) is 5.13. The van der Waals surface area contributed by atoms with Crippen LogP contribution in [0, 0.1) is 0 Å². The monoisotopic (exact) mass is 398 g/mol. The summed E-state index contributed by atoms with van der Waals surface area (Å²) in [6.07, 6.45) is 7.30. The zero-order valence-electron chi connectivity index (χ0n) is 15.5. The molecule has 2 heterocycles. The highest BCUT2D eigenvalue weighted by Crippen LogP contribution is 2.28. The number of rotatable bonds is 5. The summed E-state index contributed by atoms with van der Waals surface area (Å²) < 4.78 is 5.22. The molecule has 1 fully saturated rings. The number of hydrogen-bond donors (Lipinski definition) is 3. The Balaban J connectivity index is 1.27. The molecule has 1 aromatic carbocycles. The standard InChI is InChI=1S/C21H23ClN4O2/c22-14-3-8-18-19(9-10-23-20(18)12-14)25-15-4-6-16(7-5-15)26-21(27)24-13-17-2-1-11-28-17/h1-3,8-12,15-16H,4-7,13H2,(H,23,25)(H2,24,26,27). The molecule has 0 aliphatic heterocycles. The van der Waals surface area contributed by atoms with Crippen molar-refractivity contribution in [2.45, 2.75) is 44.3 Å². The number of urea groups is 1. The van der Waals surface area contributed by atoms with E-state index in [0.29, 0.717) is 17.6 Å². The van der Waals surface area contributed by atoms with Gasteiger partial charge in [-0.2, -0.15) is 0 Å². The molecule has 146 valence electrons. The normalized spacial score (nSPS) is 19.3. The number of furan rings is 1. The molecule has 1 saturated carbocycles. The van der Waals surface area contributed by atoms with E-state index >= 15 is 0 Å². The smallest absolute Gasteiger partial charge is 0.315 e. The fraction of sp³-hybridized carbons (Fsp3) is 0.333. The van der Waals surface area contributed by atoms with Gasteiger partial charge in [-0.1, -0.05) is 11.6 Å². The maximum atomic E-state index is 12.1. The van der Waals surface area contributed by atoms with Crippen LogP contribution in [-0.2, 0) is 6.54 Å². The van der Waals surface area contributed by atoms with E-state index in [4.69, 9.17) is 16.0 Å². The zero-order valence-corrected chi connectivity index (χ0v) is 16.2. The first-order chi connectivity index (χ1) is 13.7. The second kappa shape index (κ2) is 8.52. The van der Waals surface area contributed by atoms with E-state index in [9.17, 15) is 4.79 Å². The first-order valence-electron chi connectivity index (χ1n) is 9.55. The fourth-order valence-corrected chi connectivity index (χ4v) is 3.83. The summed E-state index contributed by atoms with van der Waals surface area (Å²) in [6, 6.07) is 11.9. The van der Waals surface area contributed by atoms with Gasteiger partial charge < -0.3 is 20.4 Å². The molecule has 0 unspecified atom stereocenters. The maximum Gasteiger partial charge on any atom is 0.315 e. The summed E-state index contributed by atoms with van der Waals surface area (Å²) >= 11 is 6.07. The highest BCUT2D eigenvalue weighted by Gasteiger charge is 2.22. The number of carbonyl (C=O) groups is 1. The number of nitrogens with zero attached hydrogens (tertiary/aromatic N) is 1. The predicted octanol–water partition coefficient (Wildman–Crippen LogP) is 4.70. The summed E-state index contributed by atoms with van der Waals surface area (Å²) in [7, 11) is 0. The lowest BCUT2D eigenvalue weighted by molar-refractivity contribution is 0.230. The van der Waals surface area contributed by atoms with E-state index < -0.39 is 0 Å². The van der Waals surface area contributed by atoms with E-state index in [2.05, 4.69) is 20.9 Å². The van der Waals surface area contributed by atoms with Gasteiger partial charge in [0, 0.05) is 34.4 Å². The number of benzene rings is 1. The van der Waals surface area contributed by atoms with Gasteiger partial charge >= 0.3 is 6.03 Å². The van der Waals surface area contributed by atoms with E-state index in [1.807, 2.05) is 36.4 Å². The molecule has 2 amide bonds. The van der Waals surface area contributed by atoms with Crippen LogP contribution in [0.1, 0.15) is 31.4 Å². The summed E-state index contributed by atoms with van der Waals surface area (Å²) in [5, 5.41) is 11.3. The Hall–Kier alpha value is -2.73. The Bertz CT molecular complexity index is 937. The van der Waals surface area contributed by atoms with Crippen LogP contribution in [0.2, 0.25) is 5.02 Å². The number of aromatic nitrogens is 1. The molecule has 0 saturated heterocycles. The fourth-order valence-electron chi connectivity index (χ4n) is 3.67. The van der Waals surface area contributed by atoms with Gasteiger partial charge in [-0.25, -0.2) is 4.79 Å². The first-order valence-corrected chi connectivity index (χ1v) is 9.93. The van der Waals surface area contributed by atoms with Gasteiger partial charge in [-0.3, -0.25) is 4.98 Å². The molecule has 0 spiro atoms. The molecule has 1 aliphatic carbocycles. The van der Waals surface area contributed by atoms with Crippen LogP contribution in [0.3, 0.4) is 0 Å². The third kappa shape index (κ3) is 4.57. The van der Waals surface area contributed by atoms with Gasteiger partial charge in [-0.15, -0.1) is 0 Å². The average Bonchev–Trinajstić information content (AvgIpc) is 3.21. The predicted molar refractivity (Wildman–Crippen MR) is 110 cm³/mol.